The molecule has 0 unspecified atom stereocenters. The van der Waals surface area contributed by atoms with Crippen LogP contribution in [-0.2, 0) is 24.3 Å². The zero-order valence-electron chi connectivity index (χ0n) is 17.6. The number of likely N-dealkylation sites (tertiary alicyclic amines) is 1. The smallest absolute Gasteiger partial charge is 0.222 e. The molecule has 0 aliphatic carbocycles. The molecule has 0 saturated carbocycles. The lowest BCUT2D eigenvalue weighted by atomic mass is 10.2. The van der Waals surface area contributed by atoms with E-state index in [4.69, 9.17) is 4.99 Å². The quantitative estimate of drug-likeness (QED) is 0.215. The Labute approximate surface area is 195 Å². The molecule has 1 aliphatic heterocycles. The lowest BCUT2D eigenvalue weighted by Crippen LogP contribution is -2.40. The molecule has 1 amide bonds. The van der Waals surface area contributed by atoms with E-state index in [0.717, 1.165) is 63.8 Å². The van der Waals surface area contributed by atoms with Crippen molar-refractivity contribution in [3.63, 3.8) is 0 Å². The Kier molecular flexibility index (Phi) is 10.6. The maximum absolute atomic E-state index is 11.7. The van der Waals surface area contributed by atoms with E-state index in [1.807, 2.05) is 23.1 Å². The minimum atomic E-state index is 0. The van der Waals surface area contributed by atoms with Gasteiger partial charge in [0.2, 0.25) is 5.91 Å². The zero-order chi connectivity index (χ0) is 20.3. The van der Waals surface area contributed by atoms with Crippen LogP contribution in [0, 0.1) is 0 Å². The largest absolute Gasteiger partial charge is 0.356 e. The SMILES string of the molecule is CCc1nncn1CCNC(=NCc1ccccc1)NCCCN1CCCC1=O.I. The Hall–Kier alpha value is -2.17. The number of aromatic nitrogens is 3. The van der Waals surface area contributed by atoms with Crippen molar-refractivity contribution in [1.29, 1.82) is 0 Å². The molecule has 164 valence electrons. The van der Waals surface area contributed by atoms with Crippen molar-refractivity contribution in [3.8, 4) is 0 Å². The van der Waals surface area contributed by atoms with Crippen molar-refractivity contribution >= 4 is 35.8 Å². The first-order valence-corrected chi connectivity index (χ1v) is 10.5. The fourth-order valence-corrected chi connectivity index (χ4v) is 3.38. The van der Waals surface area contributed by atoms with Gasteiger partial charge in [0.15, 0.2) is 5.96 Å². The van der Waals surface area contributed by atoms with Gasteiger partial charge in [0.05, 0.1) is 6.54 Å². The van der Waals surface area contributed by atoms with Crippen molar-refractivity contribution in [2.45, 2.75) is 45.7 Å². The van der Waals surface area contributed by atoms with Gasteiger partial charge < -0.3 is 20.1 Å². The second-order valence-corrected chi connectivity index (χ2v) is 7.14. The van der Waals surface area contributed by atoms with Crippen LogP contribution in [-0.4, -0.2) is 57.7 Å². The number of carbonyl (C=O) groups excluding carboxylic acids is 1. The van der Waals surface area contributed by atoms with E-state index >= 15 is 0 Å². The maximum atomic E-state index is 11.7. The number of aliphatic imine (C=N–C) groups is 1. The molecule has 1 fully saturated rings. The lowest BCUT2D eigenvalue weighted by Gasteiger charge is -2.17. The van der Waals surface area contributed by atoms with Crippen LogP contribution in [0.2, 0.25) is 0 Å². The highest BCUT2D eigenvalue weighted by molar-refractivity contribution is 14.0. The summed E-state index contributed by atoms with van der Waals surface area (Å²) in [5, 5.41) is 14.9. The predicted molar refractivity (Wildman–Crippen MR) is 129 cm³/mol. The molecule has 0 spiro atoms. The van der Waals surface area contributed by atoms with E-state index < -0.39 is 0 Å². The van der Waals surface area contributed by atoms with Crippen molar-refractivity contribution in [2.75, 3.05) is 26.2 Å². The van der Waals surface area contributed by atoms with Crippen molar-refractivity contribution in [1.82, 2.24) is 30.3 Å². The second kappa shape index (κ2) is 13.2. The van der Waals surface area contributed by atoms with Crippen LogP contribution in [0.25, 0.3) is 0 Å². The first-order valence-electron chi connectivity index (χ1n) is 10.5. The average molecular weight is 525 g/mol. The molecule has 1 saturated heterocycles. The number of carbonyl (C=O) groups is 1. The molecule has 0 bridgehead atoms. The Bertz CT molecular complexity index is 794. The van der Waals surface area contributed by atoms with Gasteiger partial charge in [0.1, 0.15) is 12.2 Å². The number of amides is 1. The fourth-order valence-electron chi connectivity index (χ4n) is 3.38. The number of aryl methyl sites for hydroxylation is 1. The van der Waals surface area contributed by atoms with Crippen molar-refractivity contribution < 1.29 is 4.79 Å². The highest BCUT2D eigenvalue weighted by Crippen LogP contribution is 2.09. The van der Waals surface area contributed by atoms with Gasteiger partial charge in [-0.25, -0.2) is 4.99 Å². The number of nitrogens with one attached hydrogen (secondary N) is 2. The summed E-state index contributed by atoms with van der Waals surface area (Å²) in [6.45, 7) is 6.68. The number of benzene rings is 1. The third-order valence-electron chi connectivity index (χ3n) is 4.99. The normalized spacial score (nSPS) is 14.0. The summed E-state index contributed by atoms with van der Waals surface area (Å²) in [6, 6.07) is 10.2. The molecular formula is C21H32IN7O. The van der Waals surface area contributed by atoms with Gasteiger partial charge in [0, 0.05) is 45.6 Å². The standard InChI is InChI=1S/C21H31N7O.HI/c1-2-19-26-25-17-28(19)15-12-23-21(24-16-18-8-4-3-5-9-18)22-11-7-14-27-13-6-10-20(27)29;/h3-5,8-9,17H,2,6-7,10-16H2,1H3,(H2,22,23,24);1H. The van der Waals surface area contributed by atoms with E-state index in [0.29, 0.717) is 13.0 Å². The van der Waals surface area contributed by atoms with Crippen molar-refractivity contribution in [3.05, 3.63) is 48.0 Å². The molecule has 0 atom stereocenters. The zero-order valence-corrected chi connectivity index (χ0v) is 19.9. The summed E-state index contributed by atoms with van der Waals surface area (Å²) in [4.78, 5) is 18.4. The van der Waals surface area contributed by atoms with E-state index in [-0.39, 0.29) is 29.9 Å². The number of guanidine groups is 1. The Balaban J connectivity index is 0.00000320. The van der Waals surface area contributed by atoms with Gasteiger partial charge in [-0.2, -0.15) is 0 Å². The number of rotatable bonds is 10. The first-order chi connectivity index (χ1) is 14.3. The lowest BCUT2D eigenvalue weighted by molar-refractivity contribution is -0.127. The van der Waals surface area contributed by atoms with Crippen LogP contribution >= 0.6 is 24.0 Å². The molecule has 2 N–H and O–H groups in total. The monoisotopic (exact) mass is 525 g/mol. The molecule has 2 heterocycles. The molecule has 1 aliphatic rings. The Morgan fingerprint density at radius 3 is 2.70 bits per heavy atom. The van der Waals surface area contributed by atoms with Gasteiger partial charge in [-0.1, -0.05) is 37.3 Å². The molecule has 1 aromatic heterocycles. The second-order valence-electron chi connectivity index (χ2n) is 7.14. The van der Waals surface area contributed by atoms with Crippen LogP contribution < -0.4 is 10.6 Å². The summed E-state index contributed by atoms with van der Waals surface area (Å²) in [5.74, 6) is 2.05. The van der Waals surface area contributed by atoms with Crippen LogP contribution in [0.1, 0.15) is 37.6 Å². The van der Waals surface area contributed by atoms with Gasteiger partial charge in [-0.3, -0.25) is 4.79 Å². The van der Waals surface area contributed by atoms with Crippen molar-refractivity contribution in [2.24, 2.45) is 4.99 Å². The van der Waals surface area contributed by atoms with E-state index in [9.17, 15) is 4.79 Å². The van der Waals surface area contributed by atoms with Gasteiger partial charge in [-0.05, 0) is 18.4 Å². The fraction of sp³-hybridized carbons (Fsp3) is 0.524. The molecular weight excluding hydrogens is 493 g/mol. The third kappa shape index (κ3) is 7.58. The van der Waals surface area contributed by atoms with E-state index in [1.54, 1.807) is 6.33 Å². The van der Waals surface area contributed by atoms with Gasteiger partial charge in [0.25, 0.3) is 0 Å². The molecule has 8 nitrogen and oxygen atoms in total. The van der Waals surface area contributed by atoms with E-state index in [2.05, 4.69) is 44.5 Å². The summed E-state index contributed by atoms with van der Waals surface area (Å²) >= 11 is 0. The molecule has 30 heavy (non-hydrogen) atoms. The highest BCUT2D eigenvalue weighted by atomic mass is 127. The van der Waals surface area contributed by atoms with Crippen LogP contribution in [0.5, 0.6) is 0 Å². The summed E-state index contributed by atoms with van der Waals surface area (Å²) in [5.41, 5.74) is 1.17. The number of hydrogen-bond donors (Lipinski definition) is 2. The van der Waals surface area contributed by atoms with Gasteiger partial charge >= 0.3 is 0 Å². The Morgan fingerprint density at radius 1 is 1.17 bits per heavy atom. The molecule has 9 heteroatoms. The van der Waals surface area contributed by atoms with Crippen LogP contribution in [0.15, 0.2) is 41.7 Å². The number of nitrogens with zero attached hydrogens (tertiary/aromatic N) is 5. The summed E-state index contributed by atoms with van der Waals surface area (Å²) in [7, 11) is 0. The third-order valence-corrected chi connectivity index (χ3v) is 4.99. The average Bonchev–Trinajstić information content (AvgIpc) is 3.38. The predicted octanol–water partition coefficient (Wildman–Crippen LogP) is 2.21. The molecule has 0 radical (unpaired) electrons. The summed E-state index contributed by atoms with van der Waals surface area (Å²) < 4.78 is 2.06. The molecule has 3 rings (SSSR count). The summed E-state index contributed by atoms with van der Waals surface area (Å²) in [6.07, 6.45) is 5.22. The molecule has 1 aromatic carbocycles. The van der Waals surface area contributed by atoms with Crippen LogP contribution in [0.4, 0.5) is 0 Å². The topological polar surface area (TPSA) is 87.4 Å². The minimum absolute atomic E-state index is 0. The van der Waals surface area contributed by atoms with E-state index in [1.165, 1.54) is 5.56 Å². The highest BCUT2D eigenvalue weighted by Gasteiger charge is 2.18. The van der Waals surface area contributed by atoms with Gasteiger partial charge in [-0.15, -0.1) is 34.2 Å². The maximum Gasteiger partial charge on any atom is 0.222 e. The first kappa shape index (κ1) is 24.1. The van der Waals surface area contributed by atoms with Crippen LogP contribution in [0.3, 0.4) is 0 Å². The molecule has 2 aromatic rings. The number of halogens is 1. The Morgan fingerprint density at radius 2 is 1.97 bits per heavy atom. The minimum Gasteiger partial charge on any atom is -0.356 e. The number of hydrogen-bond acceptors (Lipinski definition) is 4.